The van der Waals surface area contributed by atoms with Crippen LogP contribution in [-0.4, -0.2) is 0 Å². The van der Waals surface area contributed by atoms with Gasteiger partial charge in [-0.2, -0.15) is 0 Å². The summed E-state index contributed by atoms with van der Waals surface area (Å²) in [5, 5.41) is 2.68. The third kappa shape index (κ3) is 2.96. The molecule has 0 amide bonds. The van der Waals surface area contributed by atoms with Crippen molar-refractivity contribution in [1.82, 2.24) is 0 Å². The lowest BCUT2D eigenvalue weighted by Crippen LogP contribution is -2.31. The van der Waals surface area contributed by atoms with Crippen LogP contribution in [0.1, 0.15) is 36.8 Å². The Hall–Kier alpha value is -3.88. The molecule has 2 bridgehead atoms. The molecule has 0 aliphatic heterocycles. The molecule has 0 saturated heterocycles. The molecule has 39 heavy (non-hydrogen) atoms. The molecule has 3 unspecified atom stereocenters. The first-order valence-electron chi connectivity index (χ1n) is 14.3. The minimum atomic E-state index is 0.181. The maximum atomic E-state index is 2.51. The largest absolute Gasteiger partial charge is 0.310 e. The second-order valence-electron chi connectivity index (χ2n) is 11.7. The monoisotopic (exact) mass is 519 g/mol. The normalized spacial score (nSPS) is 22.6. The van der Waals surface area contributed by atoms with Crippen LogP contribution in [0.3, 0.4) is 0 Å². The minimum absolute atomic E-state index is 0.181. The highest BCUT2D eigenvalue weighted by molar-refractivity contribution is 7.25. The zero-order valence-corrected chi connectivity index (χ0v) is 22.6. The minimum Gasteiger partial charge on any atom is -0.310 e. The van der Waals surface area contributed by atoms with Crippen molar-refractivity contribution < 1.29 is 0 Å². The van der Waals surface area contributed by atoms with Crippen LogP contribution in [0.25, 0.3) is 31.3 Å². The smallest absolute Gasteiger partial charge is 0.0543 e. The molecule has 3 aliphatic rings. The van der Waals surface area contributed by atoms with Crippen LogP contribution < -0.4 is 4.90 Å². The Balaban J connectivity index is 1.32. The van der Waals surface area contributed by atoms with Crippen LogP contribution in [0, 0.1) is 11.8 Å². The van der Waals surface area contributed by atoms with Gasteiger partial charge in [0.05, 0.1) is 5.69 Å². The van der Waals surface area contributed by atoms with E-state index in [4.69, 9.17) is 0 Å². The van der Waals surface area contributed by atoms with Gasteiger partial charge in [0.25, 0.3) is 0 Å². The maximum Gasteiger partial charge on any atom is 0.0543 e. The molecule has 6 aromatic rings. The molecular formula is C37H29NS. The molecule has 5 aromatic carbocycles. The van der Waals surface area contributed by atoms with Crippen LogP contribution >= 0.6 is 11.3 Å². The lowest BCUT2D eigenvalue weighted by Gasteiger charge is -2.37. The van der Waals surface area contributed by atoms with Gasteiger partial charge in [-0.1, -0.05) is 79.2 Å². The number of hydrogen-bond acceptors (Lipinski definition) is 2. The predicted molar refractivity (Wildman–Crippen MR) is 166 cm³/mol. The van der Waals surface area contributed by atoms with Crippen LogP contribution in [0.2, 0.25) is 0 Å². The molecule has 1 heterocycles. The molecule has 1 spiro atoms. The number of thiophene rings is 1. The van der Waals surface area contributed by atoms with Gasteiger partial charge in [-0.25, -0.2) is 0 Å². The van der Waals surface area contributed by atoms with E-state index in [2.05, 4.69) is 120 Å². The Bertz CT molecular complexity index is 1900. The molecule has 9 rings (SSSR count). The van der Waals surface area contributed by atoms with Gasteiger partial charge in [0, 0.05) is 42.5 Å². The fourth-order valence-electron chi connectivity index (χ4n) is 8.46. The average molecular weight is 520 g/mol. The fourth-order valence-corrected chi connectivity index (χ4v) is 9.55. The summed E-state index contributed by atoms with van der Waals surface area (Å²) in [6.07, 6.45) is 5.48. The van der Waals surface area contributed by atoms with Gasteiger partial charge < -0.3 is 4.90 Å². The van der Waals surface area contributed by atoms with E-state index in [1.54, 1.807) is 11.1 Å². The standard InChI is InChI=1S/C37H29NS/c1-2-9-26(10-3-1)38(27-19-20-35-30(22-27)28-11-5-7-16-34(28)39-35)33-15-8-14-32-36(33)29-12-4-6-13-31(29)37(32)23-24-17-18-25(37)21-24/h1-16,19-20,22,24-25H,17-18,21,23H2. The quantitative estimate of drug-likeness (QED) is 0.225. The summed E-state index contributed by atoms with van der Waals surface area (Å²) in [6.45, 7) is 0. The SMILES string of the molecule is c1ccc(N(c2ccc3sc4ccccc4c3c2)c2cccc3c2-c2ccccc2C32CC3CCC2C3)cc1. The summed E-state index contributed by atoms with van der Waals surface area (Å²) >= 11 is 1.89. The molecule has 3 atom stereocenters. The molecule has 1 aromatic heterocycles. The Kier molecular flexibility index (Phi) is 4.55. The van der Waals surface area contributed by atoms with Crippen molar-refractivity contribution in [2.75, 3.05) is 4.90 Å². The van der Waals surface area contributed by atoms with Crippen molar-refractivity contribution in [3.63, 3.8) is 0 Å². The number of rotatable bonds is 3. The van der Waals surface area contributed by atoms with E-state index in [1.165, 1.54) is 74.0 Å². The molecule has 0 N–H and O–H groups in total. The Labute approximate surface area is 233 Å². The molecule has 188 valence electrons. The summed E-state index contributed by atoms with van der Waals surface area (Å²) in [5.74, 6) is 1.64. The second kappa shape index (κ2) is 8.07. The Morgan fingerprint density at radius 2 is 1.44 bits per heavy atom. The summed E-state index contributed by atoms with van der Waals surface area (Å²) in [4.78, 5) is 2.51. The first-order valence-corrected chi connectivity index (χ1v) is 15.1. The van der Waals surface area contributed by atoms with E-state index in [-0.39, 0.29) is 5.41 Å². The molecule has 2 saturated carbocycles. The van der Waals surface area contributed by atoms with Gasteiger partial charge in [-0.3, -0.25) is 0 Å². The van der Waals surface area contributed by atoms with Gasteiger partial charge >= 0.3 is 0 Å². The number of anilines is 3. The molecule has 1 nitrogen and oxygen atoms in total. The zero-order chi connectivity index (χ0) is 25.6. The summed E-state index contributed by atoms with van der Waals surface area (Å²) < 4.78 is 2.70. The van der Waals surface area contributed by atoms with E-state index in [0.29, 0.717) is 0 Å². The van der Waals surface area contributed by atoms with E-state index < -0.39 is 0 Å². The van der Waals surface area contributed by atoms with Crippen molar-refractivity contribution in [2.24, 2.45) is 11.8 Å². The third-order valence-electron chi connectivity index (χ3n) is 9.92. The number of fused-ring (bicyclic) bond motifs is 11. The number of nitrogens with zero attached hydrogens (tertiary/aromatic N) is 1. The summed E-state index contributed by atoms with van der Waals surface area (Å²) in [5.41, 5.74) is 9.93. The highest BCUT2D eigenvalue weighted by Crippen LogP contribution is 2.67. The zero-order valence-electron chi connectivity index (χ0n) is 21.8. The van der Waals surface area contributed by atoms with Gasteiger partial charge in [0.2, 0.25) is 0 Å². The van der Waals surface area contributed by atoms with E-state index in [0.717, 1.165) is 11.8 Å². The van der Waals surface area contributed by atoms with Gasteiger partial charge in [-0.15, -0.1) is 11.3 Å². The van der Waals surface area contributed by atoms with Crippen LogP contribution in [0.5, 0.6) is 0 Å². The Morgan fingerprint density at radius 1 is 0.641 bits per heavy atom. The lowest BCUT2D eigenvalue weighted by atomic mass is 9.67. The molecule has 2 fully saturated rings. The molecular weight excluding hydrogens is 490 g/mol. The molecule has 0 radical (unpaired) electrons. The number of benzene rings is 5. The van der Waals surface area contributed by atoms with E-state index in [9.17, 15) is 0 Å². The number of hydrogen-bond donors (Lipinski definition) is 0. The maximum absolute atomic E-state index is 2.51. The van der Waals surface area contributed by atoms with Crippen molar-refractivity contribution in [1.29, 1.82) is 0 Å². The molecule has 3 aliphatic carbocycles. The predicted octanol–water partition coefficient (Wildman–Crippen LogP) is 10.6. The van der Waals surface area contributed by atoms with Crippen LogP contribution in [0.4, 0.5) is 17.1 Å². The summed E-state index contributed by atoms with van der Waals surface area (Å²) in [7, 11) is 0. The lowest BCUT2D eigenvalue weighted by molar-refractivity contribution is 0.327. The van der Waals surface area contributed by atoms with Crippen molar-refractivity contribution in [3.05, 3.63) is 126 Å². The van der Waals surface area contributed by atoms with Gasteiger partial charge in [-0.05, 0) is 90.3 Å². The summed E-state index contributed by atoms with van der Waals surface area (Å²) in [6, 6.07) is 43.3. The highest BCUT2D eigenvalue weighted by atomic mass is 32.1. The van der Waals surface area contributed by atoms with E-state index >= 15 is 0 Å². The average Bonchev–Trinajstić information content (AvgIpc) is 3.76. The fraction of sp³-hybridized carbons (Fsp3) is 0.189. The third-order valence-corrected chi connectivity index (χ3v) is 11.1. The first kappa shape index (κ1) is 22.0. The van der Waals surface area contributed by atoms with Crippen LogP contribution in [-0.2, 0) is 5.41 Å². The first-order chi connectivity index (χ1) is 19.3. The van der Waals surface area contributed by atoms with Gasteiger partial charge in [0.1, 0.15) is 0 Å². The second-order valence-corrected chi connectivity index (χ2v) is 12.8. The highest BCUT2D eigenvalue weighted by Gasteiger charge is 2.57. The van der Waals surface area contributed by atoms with Crippen LogP contribution in [0.15, 0.2) is 115 Å². The van der Waals surface area contributed by atoms with Crippen molar-refractivity contribution in [3.8, 4) is 11.1 Å². The van der Waals surface area contributed by atoms with Gasteiger partial charge in [0.15, 0.2) is 0 Å². The number of para-hydroxylation sites is 1. The molecule has 2 heteroatoms. The van der Waals surface area contributed by atoms with Crippen molar-refractivity contribution in [2.45, 2.75) is 31.1 Å². The van der Waals surface area contributed by atoms with E-state index in [1.807, 2.05) is 11.3 Å². The Morgan fingerprint density at radius 3 is 2.31 bits per heavy atom. The topological polar surface area (TPSA) is 3.24 Å². The van der Waals surface area contributed by atoms with Crippen molar-refractivity contribution >= 4 is 48.6 Å².